The largest absolute Gasteiger partial charge is 0.457 e. The van der Waals surface area contributed by atoms with Crippen LogP contribution in [0.1, 0.15) is 27.8 Å². The summed E-state index contributed by atoms with van der Waals surface area (Å²) in [6, 6.07) is 10.2. The number of hydrogen-bond acceptors (Lipinski definition) is 5. The maximum absolute atomic E-state index is 13.3. The zero-order chi connectivity index (χ0) is 23.8. The quantitative estimate of drug-likeness (QED) is 0.330. The maximum atomic E-state index is 13.3. The first kappa shape index (κ1) is 23.6. The molecule has 3 aromatic carbocycles. The summed E-state index contributed by atoms with van der Waals surface area (Å²) < 4.78 is 34.8. The Labute approximate surface area is 192 Å². The van der Waals surface area contributed by atoms with Crippen molar-refractivity contribution in [3.8, 4) is 11.5 Å². The Bertz CT molecular complexity index is 1290. The number of hydrogen-bond donors (Lipinski definition) is 1. The SMILES string of the molecule is Cc1c(C)c(C)c(S(=O)(=O)Nc2cc(Oc3ccc(Cl)cc3)cc([N+](=O)[O-])c2)c(C)c1C. The summed E-state index contributed by atoms with van der Waals surface area (Å²) in [5.41, 5.74) is 3.81. The van der Waals surface area contributed by atoms with Crippen molar-refractivity contribution in [2.45, 2.75) is 39.5 Å². The van der Waals surface area contributed by atoms with Gasteiger partial charge in [0.2, 0.25) is 0 Å². The molecule has 1 N–H and O–H groups in total. The lowest BCUT2D eigenvalue weighted by molar-refractivity contribution is -0.384. The average Bonchev–Trinajstić information content (AvgIpc) is 2.72. The second-order valence-corrected chi connectivity index (χ2v) is 9.64. The van der Waals surface area contributed by atoms with E-state index in [1.165, 1.54) is 12.1 Å². The molecule has 0 fully saturated rings. The Hall–Kier alpha value is -3.10. The van der Waals surface area contributed by atoms with E-state index in [4.69, 9.17) is 16.3 Å². The van der Waals surface area contributed by atoms with Gasteiger partial charge in [0.05, 0.1) is 21.6 Å². The molecule has 0 aliphatic heterocycles. The summed E-state index contributed by atoms with van der Waals surface area (Å²) in [5, 5.41) is 11.9. The van der Waals surface area contributed by atoms with Gasteiger partial charge in [-0.05, 0) is 86.7 Å². The molecule has 0 saturated heterocycles. The molecule has 0 radical (unpaired) electrons. The summed E-state index contributed by atoms with van der Waals surface area (Å²) >= 11 is 5.87. The Morgan fingerprint density at radius 1 is 0.844 bits per heavy atom. The van der Waals surface area contributed by atoms with Gasteiger partial charge in [0, 0.05) is 17.2 Å². The van der Waals surface area contributed by atoms with Gasteiger partial charge in [-0.1, -0.05) is 11.6 Å². The highest BCUT2D eigenvalue weighted by Gasteiger charge is 2.25. The van der Waals surface area contributed by atoms with E-state index in [9.17, 15) is 18.5 Å². The fourth-order valence-corrected chi connectivity index (χ4v) is 5.29. The number of nitro groups is 1. The molecule has 0 aliphatic rings. The highest BCUT2D eigenvalue weighted by molar-refractivity contribution is 7.92. The van der Waals surface area contributed by atoms with Crippen molar-refractivity contribution in [2.24, 2.45) is 0 Å². The van der Waals surface area contributed by atoms with Crippen molar-refractivity contribution in [1.29, 1.82) is 0 Å². The van der Waals surface area contributed by atoms with Gasteiger partial charge in [0.1, 0.15) is 11.5 Å². The molecule has 0 heterocycles. The van der Waals surface area contributed by atoms with Gasteiger partial charge in [-0.15, -0.1) is 0 Å². The molecule has 0 unspecified atom stereocenters. The van der Waals surface area contributed by atoms with E-state index < -0.39 is 14.9 Å². The third kappa shape index (κ3) is 4.71. The van der Waals surface area contributed by atoms with Crippen LogP contribution < -0.4 is 9.46 Å². The molecule has 3 aromatic rings. The topological polar surface area (TPSA) is 98.5 Å². The lowest BCUT2D eigenvalue weighted by atomic mass is 9.95. The van der Waals surface area contributed by atoms with Crippen LogP contribution in [-0.4, -0.2) is 13.3 Å². The number of nitrogens with zero attached hydrogens (tertiary/aromatic N) is 1. The Morgan fingerprint density at radius 2 is 1.38 bits per heavy atom. The lowest BCUT2D eigenvalue weighted by Gasteiger charge is -2.19. The fraction of sp³-hybridized carbons (Fsp3) is 0.217. The summed E-state index contributed by atoms with van der Waals surface area (Å²) in [5.74, 6) is 0.518. The average molecular weight is 475 g/mol. The molecule has 0 atom stereocenters. The zero-order valence-electron chi connectivity index (χ0n) is 18.3. The molecule has 0 amide bonds. The van der Waals surface area contributed by atoms with Gasteiger partial charge in [0.15, 0.2) is 0 Å². The Kier molecular flexibility index (Phi) is 6.48. The first-order chi connectivity index (χ1) is 14.9. The van der Waals surface area contributed by atoms with Crippen molar-refractivity contribution in [2.75, 3.05) is 4.72 Å². The number of non-ortho nitro benzene ring substituents is 1. The summed E-state index contributed by atoms with van der Waals surface area (Å²) in [6.45, 7) is 9.22. The second kappa shape index (κ2) is 8.80. The van der Waals surface area contributed by atoms with E-state index in [1.807, 2.05) is 20.8 Å². The third-order valence-corrected chi connectivity index (χ3v) is 7.51. The first-order valence-corrected chi connectivity index (χ1v) is 11.6. The molecule has 32 heavy (non-hydrogen) atoms. The molecular formula is C23H23ClN2O5S. The lowest BCUT2D eigenvalue weighted by Crippen LogP contribution is -2.18. The van der Waals surface area contributed by atoms with Gasteiger partial charge < -0.3 is 4.74 Å². The summed E-state index contributed by atoms with van der Waals surface area (Å²) in [7, 11) is -4.02. The summed E-state index contributed by atoms with van der Waals surface area (Å²) in [6.07, 6.45) is 0. The minimum Gasteiger partial charge on any atom is -0.457 e. The van der Waals surface area contributed by atoms with Crippen LogP contribution in [0.4, 0.5) is 11.4 Å². The molecule has 168 valence electrons. The molecule has 9 heteroatoms. The predicted octanol–water partition coefficient (Wildman–Crippen LogP) is 6.38. The van der Waals surface area contributed by atoms with Crippen molar-refractivity contribution in [3.05, 3.63) is 85.4 Å². The minimum absolute atomic E-state index is 0.0258. The third-order valence-electron chi connectivity index (χ3n) is 5.60. The normalized spacial score (nSPS) is 11.3. The van der Waals surface area contributed by atoms with Crippen LogP contribution in [0.5, 0.6) is 11.5 Å². The Balaban J connectivity index is 2.05. The van der Waals surface area contributed by atoms with Crippen molar-refractivity contribution >= 4 is 33.0 Å². The van der Waals surface area contributed by atoms with Crippen LogP contribution in [0, 0.1) is 44.7 Å². The molecule has 0 bridgehead atoms. The number of anilines is 1. The maximum Gasteiger partial charge on any atom is 0.275 e. The van der Waals surface area contributed by atoms with E-state index in [1.54, 1.807) is 38.1 Å². The van der Waals surface area contributed by atoms with Gasteiger partial charge >= 0.3 is 0 Å². The monoisotopic (exact) mass is 474 g/mol. The number of benzene rings is 3. The van der Waals surface area contributed by atoms with E-state index in [0.29, 0.717) is 21.9 Å². The van der Waals surface area contributed by atoms with E-state index in [-0.39, 0.29) is 22.0 Å². The van der Waals surface area contributed by atoms with Crippen LogP contribution in [-0.2, 0) is 10.0 Å². The van der Waals surface area contributed by atoms with Crippen LogP contribution in [0.3, 0.4) is 0 Å². The predicted molar refractivity (Wildman–Crippen MR) is 126 cm³/mol. The van der Waals surface area contributed by atoms with E-state index in [2.05, 4.69) is 4.72 Å². The van der Waals surface area contributed by atoms with Gasteiger partial charge in [-0.25, -0.2) is 8.42 Å². The number of halogens is 1. The number of nitrogens with one attached hydrogen (secondary N) is 1. The zero-order valence-corrected chi connectivity index (χ0v) is 19.9. The summed E-state index contributed by atoms with van der Waals surface area (Å²) in [4.78, 5) is 11.0. The number of rotatable bonds is 6. The standard InChI is InChI=1S/C23H23ClN2O5S/c1-13-14(2)16(4)23(17(5)15(13)3)32(29,30)25-19-10-20(26(27)28)12-22(11-19)31-21-8-6-18(24)7-9-21/h6-12,25H,1-5H3. The van der Waals surface area contributed by atoms with Gasteiger partial charge in [-0.3, -0.25) is 14.8 Å². The van der Waals surface area contributed by atoms with Crippen LogP contribution >= 0.6 is 11.6 Å². The highest BCUT2D eigenvalue weighted by Crippen LogP contribution is 2.34. The van der Waals surface area contributed by atoms with Crippen LogP contribution in [0.15, 0.2) is 47.4 Å². The fourth-order valence-electron chi connectivity index (χ4n) is 3.52. The number of ether oxygens (including phenoxy) is 1. The van der Waals surface area contributed by atoms with Gasteiger partial charge in [0.25, 0.3) is 15.7 Å². The minimum atomic E-state index is -4.02. The second-order valence-electron chi connectivity index (χ2n) is 7.59. The molecule has 0 aliphatic carbocycles. The first-order valence-electron chi connectivity index (χ1n) is 9.73. The number of nitro benzene ring substituents is 1. The van der Waals surface area contributed by atoms with Crippen molar-refractivity contribution in [1.82, 2.24) is 0 Å². The number of sulfonamides is 1. The van der Waals surface area contributed by atoms with Crippen LogP contribution in [0.2, 0.25) is 5.02 Å². The molecule has 0 spiro atoms. The van der Waals surface area contributed by atoms with Gasteiger partial charge in [-0.2, -0.15) is 0 Å². The van der Waals surface area contributed by atoms with Crippen molar-refractivity contribution < 1.29 is 18.1 Å². The van der Waals surface area contributed by atoms with E-state index >= 15 is 0 Å². The molecule has 7 nitrogen and oxygen atoms in total. The molecular weight excluding hydrogens is 452 g/mol. The van der Waals surface area contributed by atoms with Crippen LogP contribution in [0.25, 0.3) is 0 Å². The van der Waals surface area contributed by atoms with E-state index in [0.717, 1.165) is 22.8 Å². The molecule has 3 rings (SSSR count). The Morgan fingerprint density at radius 3 is 1.91 bits per heavy atom. The highest BCUT2D eigenvalue weighted by atomic mass is 35.5. The van der Waals surface area contributed by atoms with Crippen molar-refractivity contribution in [3.63, 3.8) is 0 Å². The molecule has 0 aromatic heterocycles. The smallest absolute Gasteiger partial charge is 0.275 e. The molecule has 0 saturated carbocycles.